The average Bonchev–Trinajstić information content (AvgIpc) is 3.41. The first-order chi connectivity index (χ1) is 11.4. The maximum Gasteiger partial charge on any atom is 2.00 e. The fourth-order valence-corrected chi connectivity index (χ4v) is 2.38. The molecular weight excluding hydrogens is 388 g/mol. The van der Waals surface area contributed by atoms with Gasteiger partial charge in [0, 0.05) is 0 Å². The smallest absolute Gasteiger partial charge is 0.214 e. The van der Waals surface area contributed by atoms with E-state index in [0.717, 1.165) is 6.42 Å². The van der Waals surface area contributed by atoms with E-state index in [-0.39, 0.29) is 34.1 Å². The Kier molecular flexibility index (Phi) is 13.8. The molecule has 0 aliphatic carbocycles. The van der Waals surface area contributed by atoms with Crippen LogP contribution in [0.2, 0.25) is 0 Å². The van der Waals surface area contributed by atoms with Crippen molar-refractivity contribution >= 4 is 0 Å². The van der Waals surface area contributed by atoms with Crippen molar-refractivity contribution in [3.63, 3.8) is 0 Å². The van der Waals surface area contributed by atoms with Crippen LogP contribution < -0.4 is 0 Å². The molecule has 1 atom stereocenters. The molecule has 4 aromatic rings. The molecule has 4 aromatic carbocycles. The van der Waals surface area contributed by atoms with E-state index >= 15 is 0 Å². The minimum atomic E-state index is 0. The van der Waals surface area contributed by atoms with Crippen molar-refractivity contribution in [2.75, 3.05) is 0 Å². The first-order valence-corrected chi connectivity index (χ1v) is 8.12. The Morgan fingerprint density at radius 2 is 1.20 bits per heavy atom. The number of rotatable bonds is 3. The Morgan fingerprint density at radius 1 is 0.680 bits per heavy atom. The monoisotopic (exact) mass is 412 g/mol. The molecule has 0 heterocycles. The standard InChI is InChI=1S/C13H14.2C5H5.2Fe/c1-11(13-8-4-5-9-13)10-12-6-2-3-7-12;2*1-2-4-5-3-1;;/h2-9,11H,10H2,1H3;2*1-5H;;/q-2;2*-1;2*+2. The van der Waals surface area contributed by atoms with Gasteiger partial charge in [0.25, 0.3) is 0 Å². The summed E-state index contributed by atoms with van der Waals surface area (Å²) in [7, 11) is 0. The zero-order chi connectivity index (χ0) is 16.2. The van der Waals surface area contributed by atoms with Crippen LogP contribution in [0.5, 0.6) is 0 Å². The summed E-state index contributed by atoms with van der Waals surface area (Å²) in [4.78, 5) is 0. The third kappa shape index (κ3) is 10.1. The summed E-state index contributed by atoms with van der Waals surface area (Å²) in [6, 6.07) is 37.2. The topological polar surface area (TPSA) is 0 Å². The summed E-state index contributed by atoms with van der Waals surface area (Å²) < 4.78 is 0. The molecule has 0 spiro atoms. The first kappa shape index (κ1) is 23.4. The van der Waals surface area contributed by atoms with Crippen LogP contribution in [-0.4, -0.2) is 0 Å². The Balaban J connectivity index is 0.000000400. The molecule has 0 aliphatic rings. The van der Waals surface area contributed by atoms with Gasteiger partial charge in [0.15, 0.2) is 0 Å². The van der Waals surface area contributed by atoms with Crippen molar-refractivity contribution < 1.29 is 34.1 Å². The molecule has 0 bridgehead atoms. The number of hydrogen-bond acceptors (Lipinski definition) is 0. The fraction of sp³-hybridized carbons (Fsp3) is 0.130. The summed E-state index contributed by atoms with van der Waals surface area (Å²) in [5, 5.41) is 0. The van der Waals surface area contributed by atoms with Crippen LogP contribution in [0.25, 0.3) is 0 Å². The van der Waals surface area contributed by atoms with Gasteiger partial charge in [-0.25, -0.2) is 48.5 Å². The summed E-state index contributed by atoms with van der Waals surface area (Å²) in [5.41, 5.74) is 2.88. The molecule has 4 rings (SSSR count). The molecule has 0 aromatic heterocycles. The van der Waals surface area contributed by atoms with Crippen LogP contribution >= 0.6 is 0 Å². The quantitative estimate of drug-likeness (QED) is 0.275. The number of hydrogen-bond donors (Lipinski definition) is 0. The third-order valence-corrected chi connectivity index (χ3v) is 3.64. The first-order valence-electron chi connectivity index (χ1n) is 8.12. The SMILES string of the molecule is CC(Cc1ccc[cH-]1)c1ccc[cH-]1.[Fe+2].[Fe+2].c1cc[cH-]c1.c1cc[cH-]c1. The van der Waals surface area contributed by atoms with Crippen LogP contribution in [0.4, 0.5) is 0 Å². The zero-order valence-corrected chi connectivity index (χ0v) is 16.6. The zero-order valence-electron chi connectivity index (χ0n) is 14.4. The van der Waals surface area contributed by atoms with Gasteiger partial charge in [-0.1, -0.05) is 6.92 Å². The van der Waals surface area contributed by atoms with Gasteiger partial charge in [0.05, 0.1) is 0 Å². The predicted octanol–water partition coefficient (Wildman–Crippen LogP) is 6.28. The Morgan fingerprint density at radius 3 is 1.56 bits per heavy atom. The van der Waals surface area contributed by atoms with Crippen molar-refractivity contribution in [1.29, 1.82) is 0 Å². The molecule has 0 amide bonds. The molecule has 1 unspecified atom stereocenters. The molecule has 0 N–H and O–H groups in total. The maximum atomic E-state index is 2.28. The molecule has 0 aliphatic heterocycles. The van der Waals surface area contributed by atoms with Gasteiger partial charge in [-0.15, -0.1) is 0 Å². The van der Waals surface area contributed by atoms with E-state index in [1.807, 2.05) is 60.7 Å². The molecule has 2 heteroatoms. The summed E-state index contributed by atoms with van der Waals surface area (Å²) in [6.45, 7) is 2.28. The van der Waals surface area contributed by atoms with Gasteiger partial charge >= 0.3 is 34.1 Å². The Labute approximate surface area is 173 Å². The van der Waals surface area contributed by atoms with E-state index in [0.29, 0.717) is 5.92 Å². The van der Waals surface area contributed by atoms with Crippen LogP contribution in [0, 0.1) is 0 Å². The second-order valence-electron chi connectivity index (χ2n) is 5.54. The normalized spacial score (nSPS) is 9.96. The van der Waals surface area contributed by atoms with E-state index in [2.05, 4.69) is 55.5 Å². The molecular formula is C23H24Fe2. The fourth-order valence-electron chi connectivity index (χ4n) is 2.38. The summed E-state index contributed by atoms with van der Waals surface area (Å²) in [5.74, 6) is 0.636. The van der Waals surface area contributed by atoms with Gasteiger partial charge in [-0.05, 0) is 12.3 Å². The van der Waals surface area contributed by atoms with Gasteiger partial charge in [-0.2, -0.15) is 71.8 Å². The maximum absolute atomic E-state index is 2.28. The van der Waals surface area contributed by atoms with E-state index in [4.69, 9.17) is 0 Å². The van der Waals surface area contributed by atoms with E-state index in [1.165, 1.54) is 11.1 Å². The predicted molar refractivity (Wildman–Crippen MR) is 100 cm³/mol. The second kappa shape index (κ2) is 14.8. The van der Waals surface area contributed by atoms with Crippen molar-refractivity contribution in [2.24, 2.45) is 0 Å². The van der Waals surface area contributed by atoms with Crippen LogP contribution in [-0.2, 0) is 40.6 Å². The minimum absolute atomic E-state index is 0. The van der Waals surface area contributed by atoms with E-state index in [9.17, 15) is 0 Å². The molecule has 0 saturated carbocycles. The van der Waals surface area contributed by atoms with Crippen molar-refractivity contribution in [1.82, 2.24) is 0 Å². The Hall–Kier alpha value is -1.56. The van der Waals surface area contributed by atoms with Crippen LogP contribution in [0.3, 0.4) is 0 Å². The minimum Gasteiger partial charge on any atom is -0.214 e. The van der Waals surface area contributed by atoms with E-state index < -0.39 is 0 Å². The van der Waals surface area contributed by atoms with Gasteiger partial charge < -0.3 is 0 Å². The molecule has 0 fully saturated rings. The van der Waals surface area contributed by atoms with Crippen molar-refractivity contribution in [2.45, 2.75) is 19.3 Å². The van der Waals surface area contributed by atoms with Crippen LogP contribution in [0.15, 0.2) is 109 Å². The largest absolute Gasteiger partial charge is 2.00 e. The molecule has 0 saturated heterocycles. The van der Waals surface area contributed by atoms with Crippen molar-refractivity contribution in [3.05, 3.63) is 120 Å². The van der Waals surface area contributed by atoms with Crippen molar-refractivity contribution in [3.8, 4) is 0 Å². The van der Waals surface area contributed by atoms with Crippen LogP contribution in [0.1, 0.15) is 24.0 Å². The van der Waals surface area contributed by atoms with Gasteiger partial charge in [0.2, 0.25) is 0 Å². The second-order valence-corrected chi connectivity index (χ2v) is 5.54. The van der Waals surface area contributed by atoms with Gasteiger partial charge in [-0.3, -0.25) is 0 Å². The molecule has 0 nitrogen and oxygen atoms in total. The Bertz CT molecular complexity index is 596. The summed E-state index contributed by atoms with van der Waals surface area (Å²) in [6.07, 6.45) is 1.15. The molecule has 25 heavy (non-hydrogen) atoms. The summed E-state index contributed by atoms with van der Waals surface area (Å²) >= 11 is 0. The third-order valence-electron chi connectivity index (χ3n) is 3.64. The van der Waals surface area contributed by atoms with Gasteiger partial charge in [0.1, 0.15) is 0 Å². The molecule has 132 valence electrons. The van der Waals surface area contributed by atoms with E-state index in [1.54, 1.807) is 0 Å². The molecule has 0 radical (unpaired) electrons. The average molecular weight is 412 g/mol.